The molecule has 8 aromatic heterocycles. The molecule has 0 aromatic carbocycles. The van der Waals surface area contributed by atoms with E-state index in [2.05, 4.69) is 52.6 Å². The number of rotatable bonds is 27. The molecule has 0 spiro atoms. The highest BCUT2D eigenvalue weighted by Gasteiger charge is 2.64. The molecule has 9 unspecified atom stereocenters. The minimum absolute atomic E-state index is 0.0290. The van der Waals surface area contributed by atoms with Crippen molar-refractivity contribution in [3.63, 3.8) is 0 Å². The fraction of sp³-hybridized carbons (Fsp3) is 0.696. The van der Waals surface area contributed by atoms with Gasteiger partial charge in [-0.25, -0.2) is 58.7 Å². The third-order valence-electron chi connectivity index (χ3n) is 34.6. The van der Waals surface area contributed by atoms with Crippen molar-refractivity contribution in [2.45, 2.75) is 346 Å². The number of aliphatic hydroxyl groups is 1. The number of nitrogens with zero attached hydrogens (tertiary/aromatic N) is 17. The van der Waals surface area contributed by atoms with Gasteiger partial charge in [-0.3, -0.25) is 84.0 Å². The van der Waals surface area contributed by atoms with Crippen molar-refractivity contribution in [2.75, 3.05) is 6.61 Å². The number of nitrogens with one attached hydrogen (secondary N) is 3. The number of H-pyrrole nitrogens is 3. The molecule has 14 saturated carbocycles. The highest BCUT2D eigenvalue weighted by molar-refractivity contribution is 6.00. The summed E-state index contributed by atoms with van der Waals surface area (Å²) in [6.07, 6.45) is 39.0. The van der Waals surface area contributed by atoms with Gasteiger partial charge in [0.15, 0.2) is 11.3 Å². The summed E-state index contributed by atoms with van der Waals surface area (Å²) < 4.78 is 16.5. The second-order valence-electron chi connectivity index (χ2n) is 43.0. The fourth-order valence-corrected chi connectivity index (χ4v) is 28.4. The van der Waals surface area contributed by atoms with E-state index in [9.17, 15) is 67.4 Å². The molecule has 26 rings (SSSR count). The molecule has 0 radical (unpaired) electrons. The molecule has 4 aliphatic heterocycles. The highest BCUT2D eigenvalue weighted by atomic mass is 16.3. The van der Waals surface area contributed by atoms with Gasteiger partial charge in [0, 0.05) is 157 Å². The zero-order chi connectivity index (χ0) is 96.0. The third kappa shape index (κ3) is 16.6. The van der Waals surface area contributed by atoms with Crippen molar-refractivity contribution in [1.29, 1.82) is 0 Å². The average molecular weight is 1870 g/mol. The Balaban J connectivity index is 0.000000111. The van der Waals surface area contributed by atoms with Gasteiger partial charge >= 0.3 is 34.1 Å². The van der Waals surface area contributed by atoms with Gasteiger partial charge in [0.2, 0.25) is 0 Å². The highest BCUT2D eigenvalue weighted by Crippen LogP contribution is 2.70. The first kappa shape index (κ1) is 95.6. The summed E-state index contributed by atoms with van der Waals surface area (Å²) in [6, 6.07) is 0. The Kier molecular flexibility index (Phi) is 26.9. The van der Waals surface area contributed by atoms with Crippen LogP contribution in [0.5, 0.6) is 0 Å². The Hall–Kier alpha value is -10.7. The van der Waals surface area contributed by atoms with Gasteiger partial charge < -0.3 is 19.9 Å². The van der Waals surface area contributed by atoms with E-state index in [1.165, 1.54) is 148 Å². The van der Waals surface area contributed by atoms with Crippen LogP contribution in [0.25, 0.3) is 22.3 Å². The Morgan fingerprint density at radius 2 is 0.816 bits per heavy atom. The molecule has 14 aliphatic carbocycles. The standard InChI is InChI=1S/C24H35N3O3.C22H31N3O3.C21H29N3O2.C20H27N3O2.C8H10N4O2.C7H8N4O2/c1-4-14-26-20-18(21(29)27(15-5-2)22(26)30)16-19(25-20)24-11-8-23(9-12-24,10-13-24)7-6-17(3)28;1-2-3-5-25-20(27)17-11-18(23-19(17)24(21(25)28)6-4-7-26)22-12-14-8-15(13-22)10-16(22)9-14;1-3-5-23-18-16(19(25)24(6-4-2)20(23)26)10-17(22-18)21-11-13-7-14(12-21)9-15(21)8-13;1-3-5-22-18-16(19(24)23(6-4-2)20(22)25)10-17(21-18)15-8-11-7-13(15)14-9-12(11)14;1-2-3-12-6-5(9-4-10-6)7(13)11-8(12)14;1-10-5-4(8-3-9-5)6(12)11(2)7(10)13/h4-16H2,1-3H3;14-16,26H,2-13H2,1H3;13-15H,3-12H2,1-2H3;11-15H,3-10H2,1-2H3;4H,2-3H2,1H3,(H,9,10)(H,11,13,14);3H,1-2H3,(H,8,9). The lowest BCUT2D eigenvalue weighted by Crippen LogP contribution is -2.46. The zero-order valence-electron chi connectivity index (χ0n) is 81.7. The maximum absolute atomic E-state index is 13.2. The van der Waals surface area contributed by atoms with Gasteiger partial charge in [-0.15, -0.1) is 0 Å². The number of imidazole rings is 2. The lowest BCUT2D eigenvalue weighted by atomic mass is 9.51. The molecule has 0 saturated heterocycles. The number of aryl methyl sites for hydroxylation is 2. The summed E-state index contributed by atoms with van der Waals surface area (Å²) in [5.41, 5.74) is 7.23. The second kappa shape index (κ2) is 38.3. The van der Waals surface area contributed by atoms with Gasteiger partial charge in [-0.2, -0.15) is 0 Å². The van der Waals surface area contributed by atoms with Crippen molar-refractivity contribution in [3.05, 3.63) is 160 Å². The molecular weight excluding hydrogens is 1730 g/mol. The van der Waals surface area contributed by atoms with E-state index in [1.54, 1.807) is 32.2 Å². The van der Waals surface area contributed by atoms with Gasteiger partial charge in [0.05, 0.1) is 34.9 Å². The molecule has 9 atom stereocenters. The normalized spacial score (nSPS) is 27.5. The topological polar surface area (TPSA) is 419 Å². The van der Waals surface area contributed by atoms with Crippen molar-refractivity contribution >= 4 is 74.2 Å². The van der Waals surface area contributed by atoms with Gasteiger partial charge in [-0.05, 0) is 258 Å². The number of carbonyl (C=O) groups is 1. The first-order valence-corrected chi connectivity index (χ1v) is 51.6. The maximum atomic E-state index is 13.2. The SMILES string of the molecule is CCCCn1c(=O)c2c(n(CCCO)c1=O)N=C(C13CC4CC(CC1C4)C3)C2.CCCn1c(=O)[nH]c(=O)c2[nH]cnc21.CCCn1c2c(c(=O)n(CCC)c1=O)CC(C13CC4CC(CC1C4)C3)=N2.CCCn1c2c(c(=O)n(CCC)c1=O)CC(C13CCC(CCC(C)=O)(CC1)CC3)=N2.CCCn1c2c(c(=O)n(CCC)c1=O)CC(C1CC3CC1C1CC31)=N2.Cn1c(=O)c2[nH]cnc2n(C)c1=O. The number of Topliss-reactive ketones (excluding diaryl/α,β-unsaturated/α-hetero) is 1. The molecule has 14 fully saturated rings. The Labute approximate surface area is 788 Å². The molecular formula is C102H140N20O14. The van der Waals surface area contributed by atoms with Crippen molar-refractivity contribution in [3.8, 4) is 0 Å². The average Bonchev–Trinajstić information content (AvgIpc) is 1.55. The lowest BCUT2D eigenvalue weighted by Gasteiger charge is -2.54. The second-order valence-corrected chi connectivity index (χ2v) is 43.0. The number of aliphatic imine (C=N–C) groups is 4. The van der Waals surface area contributed by atoms with Crippen LogP contribution >= 0.6 is 0 Å². The van der Waals surface area contributed by atoms with Crippen molar-refractivity contribution in [1.82, 2.24) is 75.2 Å². The van der Waals surface area contributed by atoms with E-state index in [4.69, 9.17) is 20.0 Å². The summed E-state index contributed by atoms with van der Waals surface area (Å²) in [4.78, 5) is 196. The monoisotopic (exact) mass is 1870 g/mol. The first-order chi connectivity index (χ1) is 65.5. The molecule has 8 aromatic rings. The summed E-state index contributed by atoms with van der Waals surface area (Å²) in [5, 5.41) is 9.29. The Morgan fingerprint density at radius 3 is 1.26 bits per heavy atom. The number of carbonyl (C=O) groups excluding carboxylic acids is 1. The summed E-state index contributed by atoms with van der Waals surface area (Å²) >= 11 is 0. The number of aromatic nitrogens is 16. The van der Waals surface area contributed by atoms with Crippen LogP contribution in [0.15, 0.2) is 90.2 Å². The zero-order valence-corrected chi connectivity index (χ0v) is 81.7. The van der Waals surface area contributed by atoms with Crippen LogP contribution in [-0.2, 0) is 103 Å². The van der Waals surface area contributed by atoms with Crippen LogP contribution in [0, 0.1) is 86.8 Å². The Bertz CT molecular complexity index is 6920. The number of unbranched alkanes of at least 4 members (excludes halogenated alkanes) is 1. The van der Waals surface area contributed by atoms with Crippen LogP contribution < -0.4 is 67.5 Å². The van der Waals surface area contributed by atoms with E-state index >= 15 is 0 Å². The fourth-order valence-electron chi connectivity index (χ4n) is 28.4. The summed E-state index contributed by atoms with van der Waals surface area (Å²) in [5.74, 6) is 12.0. The van der Waals surface area contributed by atoms with Gasteiger partial charge in [-0.1, -0.05) is 61.8 Å². The molecule has 12 heterocycles. The molecule has 732 valence electrons. The van der Waals surface area contributed by atoms with Gasteiger partial charge in [0.25, 0.3) is 33.4 Å². The van der Waals surface area contributed by atoms with Crippen LogP contribution in [0.2, 0.25) is 0 Å². The number of ketones is 1. The Morgan fingerprint density at radius 1 is 0.404 bits per heavy atom. The summed E-state index contributed by atoms with van der Waals surface area (Å²) in [7, 11) is 3.01. The molecule has 18 aliphatic rings. The molecule has 136 heavy (non-hydrogen) atoms. The number of aliphatic hydroxyl groups excluding tert-OH is 1. The maximum Gasteiger partial charge on any atom is 0.332 e. The molecule has 34 heteroatoms. The smallest absolute Gasteiger partial charge is 0.332 e. The van der Waals surface area contributed by atoms with Crippen LogP contribution in [0.1, 0.15) is 284 Å². The quantitative estimate of drug-likeness (QED) is 0.0371. The van der Waals surface area contributed by atoms with Crippen molar-refractivity contribution in [2.24, 2.45) is 121 Å². The van der Waals surface area contributed by atoms with Crippen molar-refractivity contribution < 1.29 is 9.90 Å². The lowest BCUT2D eigenvalue weighted by molar-refractivity contribution is -0.118. The largest absolute Gasteiger partial charge is 0.396 e. The van der Waals surface area contributed by atoms with E-state index in [0.29, 0.717) is 166 Å². The number of hydrogen-bond donors (Lipinski definition) is 4. The van der Waals surface area contributed by atoms with Crippen LogP contribution in [-0.4, -0.2) is 116 Å². The number of fused-ring (bicyclic) bond motifs is 14. The van der Waals surface area contributed by atoms with E-state index in [0.717, 1.165) is 189 Å². The predicted octanol–water partition coefficient (Wildman–Crippen LogP) is 11.6. The number of aromatic amines is 3. The molecule has 34 nitrogen and oxygen atoms in total. The molecule has 4 N–H and O–H groups in total. The predicted molar refractivity (Wildman–Crippen MR) is 525 cm³/mol. The van der Waals surface area contributed by atoms with E-state index in [1.807, 2.05) is 27.7 Å². The first-order valence-electron chi connectivity index (χ1n) is 51.6. The van der Waals surface area contributed by atoms with Crippen LogP contribution in [0.4, 0.5) is 23.3 Å². The number of hydrogen-bond acceptors (Lipinski definition) is 20. The minimum Gasteiger partial charge on any atom is -0.396 e. The molecule has 12 bridgehead atoms. The molecule has 0 amide bonds. The summed E-state index contributed by atoms with van der Waals surface area (Å²) in [6.45, 7) is 22.7. The van der Waals surface area contributed by atoms with E-state index in [-0.39, 0.29) is 79.1 Å². The van der Waals surface area contributed by atoms with E-state index < -0.39 is 11.2 Å². The van der Waals surface area contributed by atoms with Gasteiger partial charge in [0.1, 0.15) is 40.1 Å². The van der Waals surface area contributed by atoms with Crippen LogP contribution in [0.3, 0.4) is 0 Å². The third-order valence-corrected chi connectivity index (χ3v) is 34.6. The minimum atomic E-state index is -0.421.